The molecule has 0 bridgehead atoms. The summed E-state index contributed by atoms with van der Waals surface area (Å²) < 4.78 is 11.8. The molecule has 0 unspecified atom stereocenters. The predicted octanol–water partition coefficient (Wildman–Crippen LogP) is 5.08. The molecular formula is C14H10BrClN2O2S. The molecule has 108 valence electrons. The number of benzene rings is 1. The largest absolute Gasteiger partial charge is 0.496 e. The van der Waals surface area contributed by atoms with Gasteiger partial charge in [-0.1, -0.05) is 16.8 Å². The number of thiophene rings is 1. The molecule has 3 rings (SSSR count). The number of nitrogens with two attached hydrogens (primary N) is 1. The van der Waals surface area contributed by atoms with Gasteiger partial charge < -0.3 is 15.0 Å². The highest BCUT2D eigenvalue weighted by atomic mass is 79.9. The molecule has 3 aromatic rings. The van der Waals surface area contributed by atoms with E-state index in [2.05, 4.69) is 21.1 Å². The first-order chi connectivity index (χ1) is 10.1. The number of nitrogens with zero attached hydrogens (tertiary/aromatic N) is 1. The molecule has 0 radical (unpaired) electrons. The Morgan fingerprint density at radius 3 is 2.86 bits per heavy atom. The van der Waals surface area contributed by atoms with Crippen LogP contribution >= 0.6 is 38.9 Å². The highest BCUT2D eigenvalue weighted by Crippen LogP contribution is 2.43. The van der Waals surface area contributed by atoms with Crippen molar-refractivity contribution in [1.82, 2.24) is 5.16 Å². The molecule has 0 spiro atoms. The van der Waals surface area contributed by atoms with Crippen molar-refractivity contribution in [3.63, 3.8) is 0 Å². The van der Waals surface area contributed by atoms with Crippen LogP contribution in [0.25, 0.3) is 22.5 Å². The first kappa shape index (κ1) is 14.4. The van der Waals surface area contributed by atoms with Crippen molar-refractivity contribution in [2.24, 2.45) is 0 Å². The highest BCUT2D eigenvalue weighted by molar-refractivity contribution is 9.11. The maximum atomic E-state index is 6.09. The number of nitrogen functional groups attached to an aromatic ring is 1. The van der Waals surface area contributed by atoms with E-state index in [1.165, 1.54) is 0 Å². The van der Waals surface area contributed by atoms with Crippen molar-refractivity contribution < 1.29 is 9.26 Å². The second kappa shape index (κ2) is 5.71. The zero-order valence-electron chi connectivity index (χ0n) is 10.9. The summed E-state index contributed by atoms with van der Waals surface area (Å²) in [5, 5.41) is 6.43. The molecule has 4 nitrogen and oxygen atoms in total. The molecule has 0 fully saturated rings. The van der Waals surface area contributed by atoms with Crippen LogP contribution in [-0.2, 0) is 0 Å². The Morgan fingerprint density at radius 1 is 1.38 bits per heavy atom. The van der Waals surface area contributed by atoms with Crippen LogP contribution in [0.5, 0.6) is 5.75 Å². The molecule has 0 aliphatic rings. The zero-order valence-corrected chi connectivity index (χ0v) is 14.1. The van der Waals surface area contributed by atoms with Gasteiger partial charge >= 0.3 is 0 Å². The number of ether oxygens (including phenoxy) is 1. The minimum Gasteiger partial charge on any atom is -0.496 e. The minimum absolute atomic E-state index is 0.299. The van der Waals surface area contributed by atoms with Crippen molar-refractivity contribution in [1.29, 1.82) is 0 Å². The topological polar surface area (TPSA) is 61.3 Å². The van der Waals surface area contributed by atoms with Gasteiger partial charge in [0, 0.05) is 21.5 Å². The average molecular weight is 386 g/mol. The molecule has 0 saturated carbocycles. The fourth-order valence-electron chi connectivity index (χ4n) is 2.06. The highest BCUT2D eigenvalue weighted by Gasteiger charge is 2.21. The van der Waals surface area contributed by atoms with Gasteiger partial charge in [0.15, 0.2) is 11.6 Å². The Morgan fingerprint density at radius 2 is 2.19 bits per heavy atom. The first-order valence-electron chi connectivity index (χ1n) is 5.93. The van der Waals surface area contributed by atoms with Crippen molar-refractivity contribution >= 4 is 44.7 Å². The lowest BCUT2D eigenvalue weighted by Gasteiger charge is -2.08. The van der Waals surface area contributed by atoms with E-state index < -0.39 is 0 Å². The summed E-state index contributed by atoms with van der Waals surface area (Å²) in [4.78, 5) is 0. The molecule has 7 heteroatoms. The van der Waals surface area contributed by atoms with Crippen LogP contribution in [0.15, 0.2) is 38.0 Å². The van der Waals surface area contributed by atoms with Crippen LogP contribution in [0.2, 0.25) is 5.02 Å². The SMILES string of the molecule is COc1ccc(Cl)cc1-c1c(N)noc1-c1csc(Br)c1. The van der Waals surface area contributed by atoms with Gasteiger partial charge in [-0.3, -0.25) is 0 Å². The van der Waals surface area contributed by atoms with E-state index in [0.29, 0.717) is 27.9 Å². The van der Waals surface area contributed by atoms with Crippen molar-refractivity contribution in [2.45, 2.75) is 0 Å². The lowest BCUT2D eigenvalue weighted by atomic mass is 10.0. The summed E-state index contributed by atoms with van der Waals surface area (Å²) in [5.41, 5.74) is 8.31. The number of methoxy groups -OCH3 is 1. The third kappa shape index (κ3) is 2.66. The van der Waals surface area contributed by atoms with Crippen LogP contribution in [0.1, 0.15) is 0 Å². The zero-order chi connectivity index (χ0) is 15.0. The molecule has 2 aromatic heterocycles. The second-order valence-electron chi connectivity index (χ2n) is 4.26. The van der Waals surface area contributed by atoms with Gasteiger partial charge in [-0.15, -0.1) is 11.3 Å². The summed E-state index contributed by atoms with van der Waals surface area (Å²) in [7, 11) is 1.59. The second-order valence-corrected chi connectivity index (χ2v) is 6.98. The van der Waals surface area contributed by atoms with Crippen molar-refractivity contribution in [2.75, 3.05) is 12.8 Å². The van der Waals surface area contributed by atoms with Gasteiger partial charge in [0.1, 0.15) is 5.75 Å². The number of hydrogen-bond acceptors (Lipinski definition) is 5. The quantitative estimate of drug-likeness (QED) is 0.683. The normalized spacial score (nSPS) is 10.8. The van der Waals surface area contributed by atoms with Crippen LogP contribution in [-0.4, -0.2) is 12.3 Å². The number of aromatic nitrogens is 1. The molecule has 0 saturated heterocycles. The molecular weight excluding hydrogens is 376 g/mol. The van der Waals surface area contributed by atoms with Gasteiger partial charge in [0.2, 0.25) is 0 Å². The Hall–Kier alpha value is -1.50. The maximum absolute atomic E-state index is 6.09. The summed E-state index contributed by atoms with van der Waals surface area (Å²) in [6.07, 6.45) is 0. The van der Waals surface area contributed by atoms with E-state index in [1.807, 2.05) is 11.4 Å². The molecule has 0 amide bonds. The van der Waals surface area contributed by atoms with E-state index in [9.17, 15) is 0 Å². The smallest absolute Gasteiger partial charge is 0.177 e. The van der Waals surface area contributed by atoms with Crippen molar-refractivity contribution in [3.8, 4) is 28.2 Å². The van der Waals surface area contributed by atoms with Gasteiger partial charge in [-0.05, 0) is 40.2 Å². The summed E-state index contributed by atoms with van der Waals surface area (Å²) in [5.74, 6) is 1.55. The van der Waals surface area contributed by atoms with Crippen LogP contribution in [0, 0.1) is 0 Å². The number of halogens is 2. The lowest BCUT2D eigenvalue weighted by molar-refractivity contribution is 0.416. The summed E-state index contributed by atoms with van der Waals surface area (Å²) in [6.45, 7) is 0. The number of hydrogen-bond donors (Lipinski definition) is 1. The minimum atomic E-state index is 0.299. The molecule has 2 N–H and O–H groups in total. The fraction of sp³-hybridized carbons (Fsp3) is 0.0714. The summed E-state index contributed by atoms with van der Waals surface area (Å²) >= 11 is 11.1. The third-order valence-electron chi connectivity index (χ3n) is 2.98. The van der Waals surface area contributed by atoms with Crippen LogP contribution < -0.4 is 10.5 Å². The monoisotopic (exact) mass is 384 g/mol. The molecule has 1 aromatic carbocycles. The average Bonchev–Trinajstić information content (AvgIpc) is 3.04. The van der Waals surface area contributed by atoms with E-state index in [4.69, 9.17) is 26.6 Å². The van der Waals surface area contributed by atoms with Crippen LogP contribution in [0.4, 0.5) is 5.82 Å². The van der Waals surface area contributed by atoms with E-state index in [-0.39, 0.29) is 0 Å². The van der Waals surface area contributed by atoms with E-state index in [0.717, 1.165) is 14.9 Å². The van der Waals surface area contributed by atoms with Gasteiger partial charge in [-0.25, -0.2) is 0 Å². The lowest BCUT2D eigenvalue weighted by Crippen LogP contribution is -1.92. The Labute approximate surface area is 138 Å². The summed E-state index contributed by atoms with van der Waals surface area (Å²) in [6, 6.07) is 7.28. The third-order valence-corrected chi connectivity index (χ3v) is 4.72. The Kier molecular flexibility index (Phi) is 3.93. The van der Waals surface area contributed by atoms with Gasteiger partial charge in [0.05, 0.1) is 16.5 Å². The standard InChI is InChI=1S/C14H10BrClN2O2S/c1-19-10-3-2-8(16)5-9(10)12-13(20-18-14(12)17)7-4-11(15)21-6-7/h2-6H,1H3,(H2,17,18). The fourth-order valence-corrected chi connectivity index (χ4v) is 3.37. The number of rotatable bonds is 3. The molecule has 0 aliphatic carbocycles. The molecule has 2 heterocycles. The van der Waals surface area contributed by atoms with E-state index >= 15 is 0 Å². The van der Waals surface area contributed by atoms with Crippen LogP contribution in [0.3, 0.4) is 0 Å². The van der Waals surface area contributed by atoms with Crippen molar-refractivity contribution in [3.05, 3.63) is 38.5 Å². The molecule has 0 aliphatic heterocycles. The predicted molar refractivity (Wildman–Crippen MR) is 88.9 cm³/mol. The first-order valence-corrected chi connectivity index (χ1v) is 7.98. The Bertz CT molecular complexity index is 800. The number of anilines is 1. The molecule has 21 heavy (non-hydrogen) atoms. The van der Waals surface area contributed by atoms with Gasteiger partial charge in [-0.2, -0.15) is 0 Å². The Balaban J connectivity index is 2.24. The maximum Gasteiger partial charge on any atom is 0.177 e. The van der Waals surface area contributed by atoms with Gasteiger partial charge in [0.25, 0.3) is 0 Å². The molecule has 0 atom stereocenters. The van der Waals surface area contributed by atoms with E-state index in [1.54, 1.807) is 36.6 Å².